The largest absolute Gasteiger partial charge is 0.506 e. The van der Waals surface area contributed by atoms with Crippen LogP contribution in [0.25, 0.3) is 5.76 Å². The Morgan fingerprint density at radius 2 is 1.32 bits per heavy atom. The van der Waals surface area contributed by atoms with E-state index in [1.165, 1.54) is 0 Å². The van der Waals surface area contributed by atoms with Crippen molar-refractivity contribution in [3.05, 3.63) is 71.8 Å². The lowest BCUT2D eigenvalue weighted by Gasteiger charge is -2.11. The number of imide groups is 1. The molecule has 2 amide bonds. The predicted octanol–water partition coefficient (Wildman–Crippen LogP) is 2.10. The second-order valence-electron chi connectivity index (χ2n) is 4.70. The Kier molecular flexibility index (Phi) is 3.31. The fraction of sp³-hybridized carbons (Fsp3) is 0. The molecule has 0 saturated carbocycles. The Balaban J connectivity index is 2.11. The van der Waals surface area contributed by atoms with Gasteiger partial charge in [-0.05, 0) is 12.1 Å². The second-order valence-corrected chi connectivity index (χ2v) is 4.70. The summed E-state index contributed by atoms with van der Waals surface area (Å²) in [6.45, 7) is 0. The van der Waals surface area contributed by atoms with Crippen molar-refractivity contribution in [1.82, 2.24) is 0 Å². The van der Waals surface area contributed by atoms with Crippen LogP contribution in [0, 0.1) is 0 Å². The monoisotopic (exact) mass is 293 g/mol. The van der Waals surface area contributed by atoms with Gasteiger partial charge in [0.05, 0.1) is 5.69 Å². The number of aliphatic hydroxyl groups excluding tert-OH is 1. The van der Waals surface area contributed by atoms with Gasteiger partial charge in [0.25, 0.3) is 11.7 Å². The molecule has 3 rings (SSSR count). The molecule has 1 aliphatic rings. The molecule has 0 atom stereocenters. The van der Waals surface area contributed by atoms with Gasteiger partial charge in [-0.1, -0.05) is 48.5 Å². The first-order valence-corrected chi connectivity index (χ1v) is 6.58. The highest BCUT2D eigenvalue weighted by Gasteiger charge is 2.45. The highest BCUT2D eigenvalue weighted by Crippen LogP contribution is 2.28. The van der Waals surface area contributed by atoms with Crippen LogP contribution >= 0.6 is 0 Å². The van der Waals surface area contributed by atoms with Crippen LogP contribution < -0.4 is 4.90 Å². The molecule has 0 aliphatic carbocycles. The number of nitrogens with zero attached hydrogens (tertiary/aromatic N) is 1. The van der Waals surface area contributed by atoms with Gasteiger partial charge in [0, 0.05) is 5.56 Å². The Morgan fingerprint density at radius 3 is 1.91 bits per heavy atom. The van der Waals surface area contributed by atoms with Gasteiger partial charge in [-0.15, -0.1) is 0 Å². The molecule has 0 bridgehead atoms. The third kappa shape index (κ3) is 2.09. The number of benzene rings is 2. The summed E-state index contributed by atoms with van der Waals surface area (Å²) in [5.74, 6) is -3.27. The first kappa shape index (κ1) is 13.8. The molecule has 2 aromatic rings. The number of carbonyl (C=O) groups excluding carboxylic acids is 3. The number of Topliss-reactive ketones (excluding diaryl/α,β-unsaturated/α-hetero) is 1. The molecule has 1 saturated heterocycles. The zero-order chi connectivity index (χ0) is 15.7. The molecular formula is C17H11NO4. The molecule has 1 aliphatic heterocycles. The molecule has 0 spiro atoms. The molecular weight excluding hydrogens is 282 g/mol. The van der Waals surface area contributed by atoms with Crippen LogP contribution in [0.3, 0.4) is 0 Å². The number of amides is 2. The van der Waals surface area contributed by atoms with E-state index < -0.39 is 28.9 Å². The lowest BCUT2D eigenvalue weighted by molar-refractivity contribution is -0.132. The van der Waals surface area contributed by atoms with E-state index in [2.05, 4.69) is 0 Å². The van der Waals surface area contributed by atoms with Crippen LogP contribution in [0.15, 0.2) is 66.2 Å². The van der Waals surface area contributed by atoms with Crippen LogP contribution in [0.5, 0.6) is 0 Å². The van der Waals surface area contributed by atoms with E-state index in [9.17, 15) is 19.5 Å². The van der Waals surface area contributed by atoms with Gasteiger partial charge in [-0.25, -0.2) is 4.90 Å². The minimum atomic E-state index is -1.00. The average molecular weight is 293 g/mol. The average Bonchev–Trinajstić information content (AvgIpc) is 2.78. The lowest BCUT2D eigenvalue weighted by Crippen LogP contribution is -2.30. The van der Waals surface area contributed by atoms with E-state index >= 15 is 0 Å². The second kappa shape index (κ2) is 5.29. The number of hydrogen-bond acceptors (Lipinski definition) is 4. The fourth-order valence-corrected chi connectivity index (χ4v) is 2.27. The minimum Gasteiger partial charge on any atom is -0.506 e. The van der Waals surface area contributed by atoms with Crippen LogP contribution in [-0.2, 0) is 14.4 Å². The van der Waals surface area contributed by atoms with Gasteiger partial charge in [0.15, 0.2) is 0 Å². The SMILES string of the molecule is O=C1C(=O)N(c2ccccc2)C(=O)C1=C(O)c1ccccc1. The zero-order valence-electron chi connectivity index (χ0n) is 11.4. The van der Waals surface area contributed by atoms with Crippen molar-refractivity contribution in [2.75, 3.05) is 4.90 Å². The van der Waals surface area contributed by atoms with Gasteiger partial charge in [0.1, 0.15) is 11.3 Å². The summed E-state index contributed by atoms with van der Waals surface area (Å²) in [4.78, 5) is 37.3. The van der Waals surface area contributed by atoms with E-state index in [4.69, 9.17) is 0 Å². The van der Waals surface area contributed by atoms with E-state index in [1.807, 2.05) is 0 Å². The Morgan fingerprint density at radius 1 is 0.773 bits per heavy atom. The summed E-state index contributed by atoms with van der Waals surface area (Å²) < 4.78 is 0. The van der Waals surface area contributed by atoms with Crippen molar-refractivity contribution in [2.24, 2.45) is 0 Å². The summed E-state index contributed by atoms with van der Waals surface area (Å²) >= 11 is 0. The first-order valence-electron chi connectivity index (χ1n) is 6.58. The first-order chi connectivity index (χ1) is 10.6. The molecule has 1 heterocycles. The van der Waals surface area contributed by atoms with Crippen LogP contribution in [-0.4, -0.2) is 22.7 Å². The van der Waals surface area contributed by atoms with Crippen molar-refractivity contribution < 1.29 is 19.5 Å². The molecule has 1 N–H and O–H groups in total. The number of anilines is 1. The molecule has 5 heteroatoms. The van der Waals surface area contributed by atoms with Crippen LogP contribution in [0.2, 0.25) is 0 Å². The predicted molar refractivity (Wildman–Crippen MR) is 79.9 cm³/mol. The quantitative estimate of drug-likeness (QED) is 0.302. The van der Waals surface area contributed by atoms with Gasteiger partial charge < -0.3 is 5.11 Å². The van der Waals surface area contributed by atoms with Crippen LogP contribution in [0.4, 0.5) is 5.69 Å². The summed E-state index contributed by atoms with van der Waals surface area (Å²) in [7, 11) is 0. The van der Waals surface area contributed by atoms with E-state index in [0.717, 1.165) is 4.90 Å². The van der Waals surface area contributed by atoms with Gasteiger partial charge >= 0.3 is 5.91 Å². The zero-order valence-corrected chi connectivity index (χ0v) is 11.4. The Bertz CT molecular complexity index is 794. The maximum Gasteiger partial charge on any atom is 0.306 e. The van der Waals surface area contributed by atoms with Crippen molar-refractivity contribution in [2.45, 2.75) is 0 Å². The summed E-state index contributed by atoms with van der Waals surface area (Å²) in [5, 5.41) is 10.2. The normalized spacial score (nSPS) is 17.1. The lowest BCUT2D eigenvalue weighted by atomic mass is 10.1. The highest BCUT2D eigenvalue weighted by molar-refractivity contribution is 6.64. The van der Waals surface area contributed by atoms with E-state index in [-0.39, 0.29) is 0 Å². The van der Waals surface area contributed by atoms with Crippen molar-refractivity contribution in [1.29, 1.82) is 0 Å². The summed E-state index contributed by atoms with van der Waals surface area (Å²) in [6.07, 6.45) is 0. The number of carbonyl (C=O) groups is 3. The van der Waals surface area contributed by atoms with Crippen molar-refractivity contribution >= 4 is 29.0 Å². The van der Waals surface area contributed by atoms with Gasteiger partial charge in [0.2, 0.25) is 0 Å². The number of aliphatic hydroxyl groups is 1. The molecule has 108 valence electrons. The smallest absolute Gasteiger partial charge is 0.306 e. The van der Waals surface area contributed by atoms with Gasteiger partial charge in [-0.3, -0.25) is 14.4 Å². The molecule has 5 nitrogen and oxygen atoms in total. The number of hydrogen-bond donors (Lipinski definition) is 1. The molecule has 22 heavy (non-hydrogen) atoms. The standard InChI is InChI=1S/C17H11NO4/c19-14(11-7-3-1-4-8-11)13-15(20)17(22)18(16(13)21)12-9-5-2-6-10-12/h1-10,19H. The van der Waals surface area contributed by atoms with Gasteiger partial charge in [-0.2, -0.15) is 0 Å². The Labute approximate surface area is 126 Å². The van der Waals surface area contributed by atoms with Crippen molar-refractivity contribution in [3.63, 3.8) is 0 Å². The highest BCUT2D eigenvalue weighted by atomic mass is 16.3. The summed E-state index contributed by atoms with van der Waals surface area (Å²) in [6, 6.07) is 16.3. The Hall–Kier alpha value is -3.21. The summed E-state index contributed by atoms with van der Waals surface area (Å²) in [5.41, 5.74) is 0.101. The van der Waals surface area contributed by atoms with E-state index in [0.29, 0.717) is 11.3 Å². The molecule has 2 aromatic carbocycles. The number of para-hydroxylation sites is 1. The maximum absolute atomic E-state index is 12.4. The van der Waals surface area contributed by atoms with Crippen LogP contribution in [0.1, 0.15) is 5.56 Å². The number of ketones is 1. The molecule has 0 aromatic heterocycles. The molecule has 1 fully saturated rings. The third-order valence-corrected chi connectivity index (χ3v) is 3.34. The van der Waals surface area contributed by atoms with E-state index in [1.54, 1.807) is 60.7 Å². The maximum atomic E-state index is 12.4. The molecule has 0 unspecified atom stereocenters. The van der Waals surface area contributed by atoms with Crippen molar-refractivity contribution in [3.8, 4) is 0 Å². The fourth-order valence-electron chi connectivity index (χ4n) is 2.27. The molecule has 0 radical (unpaired) electrons. The topological polar surface area (TPSA) is 74.7 Å². The third-order valence-electron chi connectivity index (χ3n) is 3.34. The minimum absolute atomic E-state index is 0.293. The number of rotatable bonds is 2.